The lowest BCUT2D eigenvalue weighted by Gasteiger charge is -2.30. The fourth-order valence-electron chi connectivity index (χ4n) is 2.67. The molecule has 0 atom stereocenters. The third-order valence-electron chi connectivity index (χ3n) is 3.65. The number of carbonyl (C=O) groups excluding carboxylic acids is 1. The van der Waals surface area contributed by atoms with Crippen LogP contribution in [0.4, 0.5) is 10.5 Å². The van der Waals surface area contributed by atoms with E-state index in [1.807, 2.05) is 20.0 Å². The molecule has 2 N–H and O–H groups in total. The molecule has 0 aliphatic carbocycles. The third-order valence-corrected chi connectivity index (χ3v) is 3.65. The van der Waals surface area contributed by atoms with Crippen LogP contribution < -0.4 is 5.32 Å². The smallest absolute Gasteiger partial charge is 0.321 e. The molecule has 0 spiro atoms. The number of hydrogen-bond donors (Lipinski definition) is 2. The van der Waals surface area contributed by atoms with Crippen molar-refractivity contribution in [1.82, 2.24) is 19.7 Å². The lowest BCUT2D eigenvalue weighted by molar-refractivity contribution is 0.176. The van der Waals surface area contributed by atoms with E-state index in [-0.39, 0.29) is 18.1 Å². The number of aromatic nitrogens is 3. The van der Waals surface area contributed by atoms with Crippen LogP contribution in [0.25, 0.3) is 11.0 Å². The van der Waals surface area contributed by atoms with E-state index in [4.69, 9.17) is 5.11 Å². The summed E-state index contributed by atoms with van der Waals surface area (Å²) in [5.74, 6) is 0. The van der Waals surface area contributed by atoms with Gasteiger partial charge in [0.05, 0.1) is 17.6 Å². The minimum Gasteiger partial charge on any atom is -0.396 e. The van der Waals surface area contributed by atoms with Crippen LogP contribution in [0, 0.1) is 12.3 Å². The Balaban J connectivity index is 2.17. The average Bonchev–Trinajstić information content (AvgIpc) is 2.77. The van der Waals surface area contributed by atoms with E-state index in [2.05, 4.69) is 36.2 Å². The van der Waals surface area contributed by atoms with Crippen LogP contribution in [0.5, 0.6) is 0 Å². The summed E-state index contributed by atoms with van der Waals surface area (Å²) >= 11 is 0. The van der Waals surface area contributed by atoms with Crippen LogP contribution in [0.1, 0.15) is 32.9 Å². The van der Waals surface area contributed by atoms with Crippen LogP contribution in [-0.4, -0.2) is 50.5 Å². The molecule has 0 saturated carbocycles. The van der Waals surface area contributed by atoms with Gasteiger partial charge in [0.25, 0.3) is 0 Å². The lowest BCUT2D eigenvalue weighted by atomic mass is 9.96. The fourth-order valence-corrected chi connectivity index (χ4v) is 2.67. The van der Waals surface area contributed by atoms with E-state index in [0.29, 0.717) is 25.2 Å². The van der Waals surface area contributed by atoms with Crippen molar-refractivity contribution >= 4 is 22.8 Å². The molecule has 2 aromatic heterocycles. The number of pyridine rings is 1. The Hall–Kier alpha value is -2.15. The molecule has 0 aromatic carbocycles. The minimum absolute atomic E-state index is 0.0189. The van der Waals surface area contributed by atoms with E-state index in [0.717, 1.165) is 16.7 Å². The van der Waals surface area contributed by atoms with Gasteiger partial charge in [-0.3, -0.25) is 4.68 Å². The van der Waals surface area contributed by atoms with Crippen LogP contribution in [-0.2, 0) is 7.05 Å². The van der Waals surface area contributed by atoms with Crippen molar-refractivity contribution in [3.8, 4) is 0 Å². The van der Waals surface area contributed by atoms with Gasteiger partial charge >= 0.3 is 6.03 Å². The number of anilines is 1. The maximum Gasteiger partial charge on any atom is 0.321 e. The first kappa shape index (κ1) is 18.2. The number of urea groups is 1. The second kappa shape index (κ2) is 7.17. The van der Waals surface area contributed by atoms with E-state index >= 15 is 0 Å². The summed E-state index contributed by atoms with van der Waals surface area (Å²) < 4.78 is 1.73. The van der Waals surface area contributed by atoms with E-state index in [9.17, 15) is 4.79 Å². The number of aliphatic hydroxyl groups is 1. The maximum atomic E-state index is 12.6. The van der Waals surface area contributed by atoms with Gasteiger partial charge in [-0.1, -0.05) is 20.8 Å². The lowest BCUT2D eigenvalue weighted by Crippen LogP contribution is -2.41. The zero-order valence-electron chi connectivity index (χ0n) is 15.1. The first-order chi connectivity index (χ1) is 11.2. The summed E-state index contributed by atoms with van der Waals surface area (Å²) in [6.07, 6.45) is 2.20. The summed E-state index contributed by atoms with van der Waals surface area (Å²) in [6.45, 7) is 9.36. The number of nitrogens with zero attached hydrogens (tertiary/aromatic N) is 4. The molecule has 0 bridgehead atoms. The number of fused-ring (bicyclic) bond motifs is 1. The summed E-state index contributed by atoms with van der Waals surface area (Å²) in [4.78, 5) is 18.7. The minimum atomic E-state index is -0.180. The van der Waals surface area contributed by atoms with Crippen molar-refractivity contribution in [1.29, 1.82) is 0 Å². The summed E-state index contributed by atoms with van der Waals surface area (Å²) in [6, 6.07) is 1.71. The largest absolute Gasteiger partial charge is 0.396 e. The van der Waals surface area contributed by atoms with Gasteiger partial charge in [0, 0.05) is 32.1 Å². The number of carbonyl (C=O) groups is 1. The van der Waals surface area contributed by atoms with Crippen LogP contribution in [0.3, 0.4) is 0 Å². The fraction of sp³-hybridized carbons (Fsp3) is 0.588. The Morgan fingerprint density at radius 2 is 2.12 bits per heavy atom. The Bertz CT molecular complexity index is 718. The first-order valence-corrected chi connectivity index (χ1v) is 8.17. The molecular formula is C17H27N5O2. The van der Waals surface area contributed by atoms with Gasteiger partial charge in [-0.15, -0.1) is 0 Å². The highest BCUT2D eigenvalue weighted by atomic mass is 16.3. The Labute approximate surface area is 142 Å². The number of rotatable bonds is 5. The standard InChI is InChI=1S/C17H27N5O2/c1-12-14-9-13(10-18-15(14)21(5)20-12)19-16(24)22(7-6-8-23)11-17(2,3)4/h9-10,23H,6-8,11H2,1-5H3,(H,19,24). The van der Waals surface area contributed by atoms with E-state index in [1.54, 1.807) is 15.8 Å². The highest BCUT2D eigenvalue weighted by Gasteiger charge is 2.21. The van der Waals surface area contributed by atoms with Crippen LogP contribution in [0.2, 0.25) is 0 Å². The quantitative estimate of drug-likeness (QED) is 0.881. The summed E-state index contributed by atoms with van der Waals surface area (Å²) in [7, 11) is 1.85. The molecule has 132 valence electrons. The van der Waals surface area contributed by atoms with Crippen molar-refractivity contribution in [2.45, 2.75) is 34.1 Å². The molecule has 7 nitrogen and oxygen atoms in total. The van der Waals surface area contributed by atoms with Crippen molar-refractivity contribution in [3.05, 3.63) is 18.0 Å². The van der Waals surface area contributed by atoms with Gasteiger partial charge in [-0.2, -0.15) is 5.10 Å². The monoisotopic (exact) mass is 333 g/mol. The molecule has 24 heavy (non-hydrogen) atoms. The number of amides is 2. The Morgan fingerprint density at radius 1 is 1.42 bits per heavy atom. The van der Waals surface area contributed by atoms with Gasteiger partial charge < -0.3 is 15.3 Å². The second-order valence-corrected chi connectivity index (χ2v) is 7.29. The first-order valence-electron chi connectivity index (χ1n) is 8.17. The van der Waals surface area contributed by atoms with Gasteiger partial charge in [0.1, 0.15) is 0 Å². The predicted molar refractivity (Wildman–Crippen MR) is 95.0 cm³/mol. The summed E-state index contributed by atoms with van der Waals surface area (Å²) in [5, 5.41) is 17.2. The molecule has 2 aromatic rings. The van der Waals surface area contributed by atoms with Crippen molar-refractivity contribution in [2.24, 2.45) is 12.5 Å². The predicted octanol–water partition coefficient (Wildman–Crippen LogP) is 2.54. The van der Waals surface area contributed by atoms with E-state index < -0.39 is 0 Å². The highest BCUT2D eigenvalue weighted by molar-refractivity contribution is 5.92. The average molecular weight is 333 g/mol. The third kappa shape index (κ3) is 4.44. The SMILES string of the molecule is Cc1nn(C)c2ncc(NC(=O)N(CCCO)CC(C)(C)C)cc12. The number of aliphatic hydroxyl groups excluding tert-OH is 1. The van der Waals surface area contributed by atoms with Crippen molar-refractivity contribution in [2.75, 3.05) is 25.0 Å². The number of hydrogen-bond acceptors (Lipinski definition) is 4. The Morgan fingerprint density at radius 3 is 2.75 bits per heavy atom. The number of nitrogens with one attached hydrogen (secondary N) is 1. The Kier molecular flexibility index (Phi) is 5.43. The topological polar surface area (TPSA) is 83.3 Å². The molecular weight excluding hydrogens is 306 g/mol. The molecule has 2 heterocycles. The van der Waals surface area contributed by atoms with Gasteiger partial charge in [-0.05, 0) is 24.8 Å². The normalized spacial score (nSPS) is 11.8. The van der Waals surface area contributed by atoms with Crippen LogP contribution in [0.15, 0.2) is 12.3 Å². The van der Waals surface area contributed by atoms with Gasteiger partial charge in [0.15, 0.2) is 5.65 Å². The molecule has 0 saturated heterocycles. The second-order valence-electron chi connectivity index (χ2n) is 7.29. The van der Waals surface area contributed by atoms with Crippen molar-refractivity contribution in [3.63, 3.8) is 0 Å². The van der Waals surface area contributed by atoms with Crippen LogP contribution >= 0.6 is 0 Å². The van der Waals surface area contributed by atoms with Gasteiger partial charge in [-0.25, -0.2) is 9.78 Å². The van der Waals surface area contributed by atoms with Gasteiger partial charge in [0.2, 0.25) is 0 Å². The molecule has 7 heteroatoms. The van der Waals surface area contributed by atoms with Crippen molar-refractivity contribution < 1.29 is 9.90 Å². The number of aryl methyl sites for hydroxylation is 2. The molecule has 0 radical (unpaired) electrons. The summed E-state index contributed by atoms with van der Waals surface area (Å²) in [5.41, 5.74) is 2.29. The molecule has 0 unspecified atom stereocenters. The zero-order chi connectivity index (χ0) is 17.9. The molecule has 0 aliphatic rings. The molecule has 0 aliphatic heterocycles. The zero-order valence-corrected chi connectivity index (χ0v) is 15.1. The maximum absolute atomic E-state index is 12.6. The molecule has 0 fully saturated rings. The van der Waals surface area contributed by atoms with E-state index in [1.165, 1.54) is 0 Å². The highest BCUT2D eigenvalue weighted by Crippen LogP contribution is 2.20. The molecule has 2 rings (SSSR count). The molecule has 2 amide bonds.